The number of fused-ring (bicyclic) bond motifs is 1. The van der Waals surface area contributed by atoms with Gasteiger partial charge in [-0.25, -0.2) is 9.69 Å². The third-order valence-electron chi connectivity index (χ3n) is 5.31. The zero-order valence-electron chi connectivity index (χ0n) is 17.7. The Morgan fingerprint density at radius 1 is 0.969 bits per heavy atom. The molecule has 162 valence electrons. The van der Waals surface area contributed by atoms with Crippen molar-refractivity contribution < 1.29 is 19.1 Å². The van der Waals surface area contributed by atoms with Crippen LogP contribution >= 0.6 is 0 Å². The van der Waals surface area contributed by atoms with Crippen molar-refractivity contribution in [2.45, 2.75) is 6.54 Å². The molecule has 0 N–H and O–H groups in total. The van der Waals surface area contributed by atoms with Crippen molar-refractivity contribution in [1.29, 1.82) is 0 Å². The molecule has 4 rings (SSSR count). The van der Waals surface area contributed by atoms with Gasteiger partial charge in [-0.15, -0.1) is 6.58 Å². The predicted octanol–water partition coefficient (Wildman–Crippen LogP) is 3.85. The molecule has 0 aliphatic carbocycles. The lowest BCUT2D eigenvalue weighted by atomic mass is 10.0. The van der Waals surface area contributed by atoms with E-state index < -0.39 is 17.8 Å². The van der Waals surface area contributed by atoms with Crippen LogP contribution in [0.1, 0.15) is 5.56 Å². The normalized spacial score (nSPS) is 15.8. The maximum atomic E-state index is 13.4. The van der Waals surface area contributed by atoms with E-state index in [9.17, 15) is 14.4 Å². The summed E-state index contributed by atoms with van der Waals surface area (Å²) in [5.74, 6) is -1.29. The number of ether oxygens (including phenoxy) is 1. The zero-order chi connectivity index (χ0) is 22.7. The zero-order valence-corrected chi connectivity index (χ0v) is 17.7. The lowest BCUT2D eigenvalue weighted by Crippen LogP contribution is -2.57. The molecular weight excluding hydrogens is 406 g/mol. The van der Waals surface area contributed by atoms with Crippen LogP contribution in [-0.4, -0.2) is 47.6 Å². The summed E-state index contributed by atoms with van der Waals surface area (Å²) in [7, 11) is 1.49. The standard InChI is InChI=1S/C25H23N3O4/c1-3-13-26-17-18(20-11-7-8-12-22(20)26)16-21-23(29)27(14-15-32-2)25(31)28(24(21)30)19-9-5-4-6-10-19/h3-12,16-17H,1,13-15H2,2H3. The Balaban J connectivity index is 1.85. The fourth-order valence-corrected chi connectivity index (χ4v) is 3.80. The minimum absolute atomic E-state index is 0.0420. The Labute approximate surface area is 185 Å². The number of carbonyl (C=O) groups excluding carboxylic acids is 3. The van der Waals surface area contributed by atoms with E-state index in [2.05, 4.69) is 6.58 Å². The van der Waals surface area contributed by atoms with E-state index in [0.29, 0.717) is 17.8 Å². The highest BCUT2D eigenvalue weighted by Crippen LogP contribution is 2.28. The quantitative estimate of drug-likeness (QED) is 0.325. The minimum atomic E-state index is -0.686. The lowest BCUT2D eigenvalue weighted by molar-refractivity contribution is -0.129. The van der Waals surface area contributed by atoms with Crippen LogP contribution in [0.25, 0.3) is 17.0 Å². The SMILES string of the molecule is C=CCn1cc(C=C2C(=O)N(CCOC)C(=O)N(c3ccccc3)C2=O)c2ccccc21. The Morgan fingerprint density at radius 3 is 2.41 bits per heavy atom. The van der Waals surface area contributed by atoms with Crippen molar-refractivity contribution in [3.8, 4) is 0 Å². The van der Waals surface area contributed by atoms with Gasteiger partial charge in [0.05, 0.1) is 18.8 Å². The van der Waals surface area contributed by atoms with Gasteiger partial charge in [0.2, 0.25) is 0 Å². The minimum Gasteiger partial charge on any atom is -0.383 e. The van der Waals surface area contributed by atoms with Gasteiger partial charge in [-0.2, -0.15) is 0 Å². The van der Waals surface area contributed by atoms with Gasteiger partial charge in [0.1, 0.15) is 5.57 Å². The molecule has 0 bridgehead atoms. The van der Waals surface area contributed by atoms with Crippen LogP contribution in [0, 0.1) is 0 Å². The van der Waals surface area contributed by atoms with Crippen molar-refractivity contribution in [3.05, 3.63) is 84.6 Å². The molecule has 3 aromatic rings. The van der Waals surface area contributed by atoms with Gasteiger partial charge in [-0.1, -0.05) is 42.5 Å². The van der Waals surface area contributed by atoms with E-state index in [1.807, 2.05) is 35.0 Å². The first-order valence-corrected chi connectivity index (χ1v) is 10.2. The monoisotopic (exact) mass is 429 g/mol. The fourth-order valence-electron chi connectivity index (χ4n) is 3.80. The third kappa shape index (κ3) is 3.74. The summed E-state index contributed by atoms with van der Waals surface area (Å²) in [6, 6.07) is 15.6. The number of rotatable bonds is 7. The fraction of sp³-hybridized carbons (Fsp3) is 0.160. The number of urea groups is 1. The van der Waals surface area contributed by atoms with Gasteiger partial charge in [0.25, 0.3) is 11.8 Å². The number of methoxy groups -OCH3 is 1. The molecule has 0 unspecified atom stereocenters. The summed E-state index contributed by atoms with van der Waals surface area (Å²) in [6.07, 6.45) is 5.22. The van der Waals surface area contributed by atoms with Crippen LogP contribution < -0.4 is 4.90 Å². The number of para-hydroxylation sites is 2. The Morgan fingerprint density at radius 2 is 1.69 bits per heavy atom. The first-order valence-electron chi connectivity index (χ1n) is 10.2. The molecular formula is C25H23N3O4. The molecule has 0 radical (unpaired) electrons. The second-order valence-corrected chi connectivity index (χ2v) is 7.31. The number of imide groups is 2. The molecule has 0 saturated carbocycles. The van der Waals surface area contributed by atoms with Crippen molar-refractivity contribution in [2.24, 2.45) is 0 Å². The highest BCUT2D eigenvalue weighted by Gasteiger charge is 2.42. The summed E-state index contributed by atoms with van der Waals surface area (Å²) in [5.41, 5.74) is 2.00. The average Bonchev–Trinajstić information content (AvgIpc) is 3.15. The molecule has 2 aromatic carbocycles. The number of amides is 4. The Kier molecular flexibility index (Phi) is 6.00. The molecule has 0 spiro atoms. The highest BCUT2D eigenvalue weighted by atomic mass is 16.5. The number of aromatic nitrogens is 1. The number of carbonyl (C=O) groups is 3. The van der Waals surface area contributed by atoms with E-state index in [1.165, 1.54) is 7.11 Å². The Bertz CT molecular complexity index is 1230. The molecule has 1 aromatic heterocycles. The molecule has 7 heteroatoms. The lowest BCUT2D eigenvalue weighted by Gasteiger charge is -2.33. The van der Waals surface area contributed by atoms with Gasteiger partial charge >= 0.3 is 6.03 Å². The van der Waals surface area contributed by atoms with E-state index in [1.54, 1.807) is 42.5 Å². The smallest absolute Gasteiger partial charge is 0.338 e. The van der Waals surface area contributed by atoms with Crippen LogP contribution in [0.5, 0.6) is 0 Å². The first-order chi connectivity index (χ1) is 15.6. The van der Waals surface area contributed by atoms with Crippen molar-refractivity contribution in [2.75, 3.05) is 25.2 Å². The first kappa shape index (κ1) is 21.3. The largest absolute Gasteiger partial charge is 0.383 e. The molecule has 2 heterocycles. The maximum absolute atomic E-state index is 13.4. The Hall–Kier alpha value is -3.97. The van der Waals surface area contributed by atoms with Crippen molar-refractivity contribution in [1.82, 2.24) is 9.47 Å². The maximum Gasteiger partial charge on any atom is 0.338 e. The van der Waals surface area contributed by atoms with Gasteiger partial charge in [-0.05, 0) is 24.3 Å². The third-order valence-corrected chi connectivity index (χ3v) is 5.31. The molecule has 7 nitrogen and oxygen atoms in total. The van der Waals surface area contributed by atoms with E-state index in [-0.39, 0.29) is 18.7 Å². The van der Waals surface area contributed by atoms with Gasteiger partial charge in [-0.3, -0.25) is 14.5 Å². The van der Waals surface area contributed by atoms with E-state index >= 15 is 0 Å². The van der Waals surface area contributed by atoms with E-state index in [4.69, 9.17) is 4.74 Å². The number of hydrogen-bond donors (Lipinski definition) is 0. The van der Waals surface area contributed by atoms with Gasteiger partial charge < -0.3 is 9.30 Å². The van der Waals surface area contributed by atoms with Crippen molar-refractivity contribution >= 4 is 40.5 Å². The summed E-state index contributed by atoms with van der Waals surface area (Å²) in [6.45, 7) is 4.59. The second kappa shape index (κ2) is 9.03. The van der Waals surface area contributed by atoms with E-state index in [0.717, 1.165) is 20.7 Å². The number of barbiturate groups is 1. The van der Waals surface area contributed by atoms with Crippen LogP contribution in [0.4, 0.5) is 10.5 Å². The number of benzene rings is 2. The predicted molar refractivity (Wildman–Crippen MR) is 123 cm³/mol. The highest BCUT2D eigenvalue weighted by molar-refractivity contribution is 6.39. The molecule has 1 aliphatic heterocycles. The summed E-state index contributed by atoms with van der Waals surface area (Å²) < 4.78 is 7.06. The number of allylic oxidation sites excluding steroid dienone is 1. The molecule has 1 saturated heterocycles. The number of hydrogen-bond acceptors (Lipinski definition) is 4. The van der Waals surface area contributed by atoms with Crippen LogP contribution in [0.3, 0.4) is 0 Å². The molecule has 1 aliphatic rings. The average molecular weight is 429 g/mol. The molecule has 4 amide bonds. The second-order valence-electron chi connectivity index (χ2n) is 7.31. The molecule has 32 heavy (non-hydrogen) atoms. The van der Waals surface area contributed by atoms with Crippen molar-refractivity contribution in [3.63, 3.8) is 0 Å². The van der Waals surface area contributed by atoms with Gasteiger partial charge in [0.15, 0.2) is 0 Å². The molecule has 0 atom stereocenters. The number of anilines is 1. The summed E-state index contributed by atoms with van der Waals surface area (Å²) in [5, 5.41) is 0.897. The summed E-state index contributed by atoms with van der Waals surface area (Å²) in [4.78, 5) is 41.7. The topological polar surface area (TPSA) is 71.8 Å². The van der Waals surface area contributed by atoms with Crippen LogP contribution in [0.15, 0.2) is 79.0 Å². The van der Waals surface area contributed by atoms with Gasteiger partial charge in [0, 0.05) is 36.3 Å². The number of nitrogens with zero attached hydrogens (tertiary/aromatic N) is 3. The van der Waals surface area contributed by atoms with Crippen LogP contribution in [-0.2, 0) is 20.9 Å². The summed E-state index contributed by atoms with van der Waals surface area (Å²) >= 11 is 0. The van der Waals surface area contributed by atoms with Crippen LogP contribution in [0.2, 0.25) is 0 Å². The molecule has 1 fully saturated rings.